The van der Waals surface area contributed by atoms with Gasteiger partial charge < -0.3 is 20.4 Å². The highest BCUT2D eigenvalue weighted by atomic mass is 16.3. The van der Waals surface area contributed by atoms with Crippen molar-refractivity contribution in [1.82, 2.24) is 0 Å². The quantitative estimate of drug-likeness (QED) is 0.529. The van der Waals surface area contributed by atoms with Crippen molar-refractivity contribution >= 4 is 5.78 Å². The molecule has 0 radical (unpaired) electrons. The Morgan fingerprint density at radius 1 is 1.08 bits per heavy atom. The van der Waals surface area contributed by atoms with Crippen molar-refractivity contribution in [3.63, 3.8) is 0 Å². The number of hydrogen-bond donors (Lipinski definition) is 4. The average molecular weight is 338 g/mol. The predicted molar refractivity (Wildman–Crippen MR) is 87.0 cm³/mol. The molecule has 0 saturated heterocycles. The standard InChI is InChI=1S/C19H30O5/c1-17-9-13(21)16-11(12(17)3-4-14(17)22)7-15(23)19(24)8-10(20)5-6-18(16,19)2/h10-13,15-16,20-21,23-24H,3-9H2,1-2H3/t10-,11-,12-,13+,15+,16-,17-,18+,19-/m0/s1. The van der Waals surface area contributed by atoms with E-state index in [0.29, 0.717) is 32.1 Å². The van der Waals surface area contributed by atoms with Gasteiger partial charge in [0, 0.05) is 23.7 Å². The van der Waals surface area contributed by atoms with E-state index >= 15 is 0 Å². The van der Waals surface area contributed by atoms with Crippen molar-refractivity contribution in [1.29, 1.82) is 0 Å². The van der Waals surface area contributed by atoms with E-state index in [0.717, 1.165) is 6.42 Å². The number of fused-ring (bicyclic) bond motifs is 5. The molecule has 9 atom stereocenters. The third-order valence-electron chi connectivity index (χ3n) is 8.48. The van der Waals surface area contributed by atoms with Gasteiger partial charge in [-0.3, -0.25) is 4.79 Å². The maximum Gasteiger partial charge on any atom is 0.139 e. The number of rotatable bonds is 0. The van der Waals surface area contributed by atoms with E-state index in [1.807, 2.05) is 13.8 Å². The van der Waals surface area contributed by atoms with Gasteiger partial charge in [-0.2, -0.15) is 0 Å². The number of aliphatic hydroxyl groups is 4. The average Bonchev–Trinajstić information content (AvgIpc) is 2.78. The maximum atomic E-state index is 12.4. The Labute approximate surface area is 143 Å². The third kappa shape index (κ3) is 1.87. The first-order valence-electron chi connectivity index (χ1n) is 9.43. The number of carbonyl (C=O) groups excluding carboxylic acids is 1. The summed E-state index contributed by atoms with van der Waals surface area (Å²) in [6.07, 6.45) is 1.45. The molecular formula is C19H30O5. The van der Waals surface area contributed by atoms with Crippen molar-refractivity contribution in [2.45, 2.75) is 82.7 Å². The van der Waals surface area contributed by atoms with Gasteiger partial charge in [0.15, 0.2) is 0 Å². The molecule has 0 heterocycles. The third-order valence-corrected chi connectivity index (χ3v) is 8.48. The van der Waals surface area contributed by atoms with Crippen molar-refractivity contribution in [3.05, 3.63) is 0 Å². The molecule has 4 aliphatic rings. The van der Waals surface area contributed by atoms with Crippen LogP contribution in [0.15, 0.2) is 0 Å². The van der Waals surface area contributed by atoms with Crippen LogP contribution in [0.5, 0.6) is 0 Å². The molecule has 0 bridgehead atoms. The van der Waals surface area contributed by atoms with Gasteiger partial charge in [-0.1, -0.05) is 13.8 Å². The molecule has 0 aliphatic heterocycles. The highest BCUT2D eigenvalue weighted by molar-refractivity contribution is 5.87. The summed E-state index contributed by atoms with van der Waals surface area (Å²) in [5, 5.41) is 43.2. The topological polar surface area (TPSA) is 98.0 Å². The molecule has 5 nitrogen and oxygen atoms in total. The first-order valence-corrected chi connectivity index (χ1v) is 9.43. The lowest BCUT2D eigenvalue weighted by Crippen LogP contribution is -2.71. The van der Waals surface area contributed by atoms with Crippen LogP contribution in [0.3, 0.4) is 0 Å². The van der Waals surface area contributed by atoms with Crippen molar-refractivity contribution in [2.75, 3.05) is 0 Å². The van der Waals surface area contributed by atoms with E-state index in [4.69, 9.17) is 0 Å². The van der Waals surface area contributed by atoms with E-state index in [1.54, 1.807) is 0 Å². The molecule has 4 fully saturated rings. The lowest BCUT2D eigenvalue weighted by Gasteiger charge is -2.65. The fourth-order valence-electron chi connectivity index (χ4n) is 7.16. The van der Waals surface area contributed by atoms with Gasteiger partial charge in [-0.25, -0.2) is 0 Å². The molecule has 0 aromatic rings. The van der Waals surface area contributed by atoms with Gasteiger partial charge in [0.1, 0.15) is 5.78 Å². The van der Waals surface area contributed by atoms with E-state index in [-0.39, 0.29) is 30.0 Å². The van der Waals surface area contributed by atoms with Crippen LogP contribution in [0.25, 0.3) is 0 Å². The molecule has 4 rings (SSSR count). The summed E-state index contributed by atoms with van der Waals surface area (Å²) in [5.74, 6) is 0.355. The van der Waals surface area contributed by atoms with Crippen LogP contribution >= 0.6 is 0 Å². The number of Topliss-reactive ketones (excluding diaryl/α,β-unsaturated/α-hetero) is 1. The minimum Gasteiger partial charge on any atom is -0.393 e. The molecular weight excluding hydrogens is 308 g/mol. The SMILES string of the molecule is C[C@]12C[C@@H](O)[C@@H]3[C@@H](C[C@@H](O)[C@@]4(O)C[C@@H](O)CC[C@]34C)[C@@H]1CCC2=O. The van der Waals surface area contributed by atoms with Crippen LogP contribution in [0.4, 0.5) is 0 Å². The summed E-state index contributed by atoms with van der Waals surface area (Å²) in [7, 11) is 0. The number of ketones is 1. The van der Waals surface area contributed by atoms with Crippen LogP contribution in [-0.4, -0.2) is 50.1 Å². The molecule has 0 amide bonds. The van der Waals surface area contributed by atoms with E-state index in [1.165, 1.54) is 0 Å². The second-order valence-electron chi connectivity index (χ2n) is 9.44. The first-order chi connectivity index (χ1) is 11.1. The van der Waals surface area contributed by atoms with Gasteiger partial charge in [-0.15, -0.1) is 0 Å². The molecule has 4 aliphatic carbocycles. The number of hydrogen-bond acceptors (Lipinski definition) is 5. The molecule has 0 aromatic carbocycles. The summed E-state index contributed by atoms with van der Waals surface area (Å²) in [6.45, 7) is 3.95. The minimum absolute atomic E-state index is 0.0562. The van der Waals surface area contributed by atoms with Crippen LogP contribution in [0.2, 0.25) is 0 Å². The summed E-state index contributed by atoms with van der Waals surface area (Å²) < 4.78 is 0. The van der Waals surface area contributed by atoms with Gasteiger partial charge in [-0.05, 0) is 49.9 Å². The van der Waals surface area contributed by atoms with Crippen LogP contribution in [0.1, 0.15) is 58.8 Å². The van der Waals surface area contributed by atoms with Crippen molar-refractivity contribution < 1.29 is 25.2 Å². The lowest BCUT2D eigenvalue weighted by molar-refractivity contribution is -0.279. The lowest BCUT2D eigenvalue weighted by atomic mass is 9.42. The molecule has 4 N–H and O–H groups in total. The van der Waals surface area contributed by atoms with E-state index in [2.05, 4.69) is 0 Å². The zero-order valence-electron chi connectivity index (χ0n) is 14.6. The Morgan fingerprint density at radius 3 is 2.50 bits per heavy atom. The zero-order valence-corrected chi connectivity index (χ0v) is 14.6. The highest BCUT2D eigenvalue weighted by Crippen LogP contribution is 2.66. The Morgan fingerprint density at radius 2 is 1.79 bits per heavy atom. The van der Waals surface area contributed by atoms with Crippen LogP contribution < -0.4 is 0 Å². The van der Waals surface area contributed by atoms with Gasteiger partial charge in [0.05, 0.1) is 23.9 Å². The van der Waals surface area contributed by atoms with Crippen molar-refractivity contribution in [3.8, 4) is 0 Å². The van der Waals surface area contributed by atoms with Crippen LogP contribution in [-0.2, 0) is 4.79 Å². The molecule has 0 unspecified atom stereocenters. The maximum absolute atomic E-state index is 12.4. The van der Waals surface area contributed by atoms with E-state index in [9.17, 15) is 25.2 Å². The summed E-state index contributed by atoms with van der Waals surface area (Å²) in [4.78, 5) is 12.4. The Balaban J connectivity index is 1.77. The first kappa shape index (κ1) is 17.0. The Hall–Kier alpha value is -0.490. The summed E-state index contributed by atoms with van der Waals surface area (Å²) in [6, 6.07) is 0. The normalized spacial score (nSPS) is 60.3. The predicted octanol–water partition coefficient (Wildman–Crippen LogP) is 1.02. The van der Waals surface area contributed by atoms with Crippen molar-refractivity contribution in [2.24, 2.45) is 28.6 Å². The fraction of sp³-hybridized carbons (Fsp3) is 0.947. The molecule has 136 valence electrons. The number of carbonyl (C=O) groups is 1. The largest absolute Gasteiger partial charge is 0.393 e. The Kier molecular flexibility index (Phi) is 3.55. The monoisotopic (exact) mass is 338 g/mol. The van der Waals surface area contributed by atoms with E-state index < -0.39 is 34.7 Å². The number of aliphatic hydroxyl groups excluding tert-OH is 3. The Bertz CT molecular complexity index is 564. The van der Waals surface area contributed by atoms with Crippen LogP contribution in [0, 0.1) is 28.6 Å². The zero-order chi connectivity index (χ0) is 17.5. The molecule has 0 aromatic heterocycles. The molecule has 5 heteroatoms. The highest BCUT2D eigenvalue weighted by Gasteiger charge is 2.69. The van der Waals surface area contributed by atoms with Gasteiger partial charge in [0.2, 0.25) is 0 Å². The molecule has 4 saturated carbocycles. The second kappa shape index (κ2) is 5.03. The van der Waals surface area contributed by atoms with Gasteiger partial charge >= 0.3 is 0 Å². The smallest absolute Gasteiger partial charge is 0.139 e. The summed E-state index contributed by atoms with van der Waals surface area (Å²) >= 11 is 0. The second-order valence-corrected chi connectivity index (χ2v) is 9.44. The molecule has 0 spiro atoms. The molecule has 24 heavy (non-hydrogen) atoms. The fourth-order valence-corrected chi connectivity index (χ4v) is 7.16. The minimum atomic E-state index is -1.36. The summed E-state index contributed by atoms with van der Waals surface area (Å²) in [5.41, 5.74) is -2.47. The van der Waals surface area contributed by atoms with Gasteiger partial charge in [0.25, 0.3) is 0 Å².